The molecule has 7 heteroatoms. The SMILES string of the molecule is Cc1c(C(=O)Oc2ccccc2)c(OCc2ccccc2)cc(C2CCCN2Cc2ccccc2)c1C(F)(F)F. The first-order valence-corrected chi connectivity index (χ1v) is 13.3. The molecular formula is C33H30F3NO3. The smallest absolute Gasteiger partial charge is 0.417 e. The van der Waals surface area contributed by atoms with Crippen molar-refractivity contribution in [3.05, 3.63) is 130 Å². The first-order valence-electron chi connectivity index (χ1n) is 13.3. The number of benzene rings is 4. The zero-order chi connectivity index (χ0) is 28.1. The van der Waals surface area contributed by atoms with E-state index in [0.29, 0.717) is 19.5 Å². The first-order chi connectivity index (χ1) is 19.3. The Morgan fingerprint density at radius 2 is 1.50 bits per heavy atom. The van der Waals surface area contributed by atoms with Crippen LogP contribution in [0.4, 0.5) is 13.2 Å². The van der Waals surface area contributed by atoms with E-state index in [9.17, 15) is 18.0 Å². The van der Waals surface area contributed by atoms with E-state index in [1.165, 1.54) is 13.0 Å². The molecule has 1 aliphatic heterocycles. The molecule has 4 nitrogen and oxygen atoms in total. The standard InChI is InChI=1S/C33H30F3NO3/c1-23-30(32(38)40-26-16-9-4-10-17-26)29(39-22-25-14-7-3-8-15-25)20-27(31(23)33(34,35)36)28-18-11-19-37(28)21-24-12-5-2-6-13-24/h2-10,12-17,20,28H,11,18-19,21-22H2,1H3. The van der Waals surface area contributed by atoms with Crippen molar-refractivity contribution >= 4 is 5.97 Å². The Morgan fingerprint density at radius 3 is 2.12 bits per heavy atom. The number of hydrogen-bond acceptors (Lipinski definition) is 4. The van der Waals surface area contributed by atoms with Crippen LogP contribution in [0.2, 0.25) is 0 Å². The highest BCUT2D eigenvalue weighted by molar-refractivity contribution is 5.96. The number of hydrogen-bond donors (Lipinski definition) is 0. The van der Waals surface area contributed by atoms with Crippen molar-refractivity contribution in [3.63, 3.8) is 0 Å². The molecule has 40 heavy (non-hydrogen) atoms. The van der Waals surface area contributed by atoms with Crippen LogP contribution in [0.3, 0.4) is 0 Å². The maximum Gasteiger partial charge on any atom is 0.417 e. The van der Waals surface area contributed by atoms with Gasteiger partial charge in [-0.25, -0.2) is 4.79 Å². The van der Waals surface area contributed by atoms with Gasteiger partial charge in [-0.1, -0.05) is 78.9 Å². The molecule has 1 atom stereocenters. The second kappa shape index (κ2) is 12.0. The number of carbonyl (C=O) groups is 1. The third-order valence-electron chi connectivity index (χ3n) is 7.20. The van der Waals surface area contributed by atoms with E-state index in [-0.39, 0.29) is 34.8 Å². The van der Waals surface area contributed by atoms with Gasteiger partial charge in [0, 0.05) is 12.6 Å². The van der Waals surface area contributed by atoms with Crippen molar-refractivity contribution in [1.29, 1.82) is 0 Å². The summed E-state index contributed by atoms with van der Waals surface area (Å²) in [5, 5.41) is 0. The number of likely N-dealkylation sites (tertiary alicyclic amines) is 1. The van der Waals surface area contributed by atoms with Crippen molar-refractivity contribution < 1.29 is 27.4 Å². The number of halogens is 3. The summed E-state index contributed by atoms with van der Waals surface area (Å²) in [6.07, 6.45) is -3.34. The summed E-state index contributed by atoms with van der Waals surface area (Å²) in [4.78, 5) is 15.5. The Bertz CT molecular complexity index is 1440. The van der Waals surface area contributed by atoms with Gasteiger partial charge in [-0.15, -0.1) is 0 Å². The zero-order valence-corrected chi connectivity index (χ0v) is 22.2. The maximum absolute atomic E-state index is 14.8. The number of nitrogens with zero attached hydrogens (tertiary/aromatic N) is 1. The molecule has 206 valence electrons. The molecule has 0 radical (unpaired) electrons. The molecular weight excluding hydrogens is 515 g/mol. The van der Waals surface area contributed by atoms with Crippen LogP contribution in [0.15, 0.2) is 97.1 Å². The predicted molar refractivity (Wildman–Crippen MR) is 147 cm³/mol. The van der Waals surface area contributed by atoms with Crippen LogP contribution in [-0.4, -0.2) is 17.4 Å². The number of para-hydroxylation sites is 1. The summed E-state index contributed by atoms with van der Waals surface area (Å²) in [5.41, 5.74) is 0.769. The van der Waals surface area contributed by atoms with Crippen LogP contribution in [0.25, 0.3) is 0 Å². The molecule has 0 saturated carbocycles. The van der Waals surface area contributed by atoms with Crippen molar-refractivity contribution in [2.45, 2.75) is 45.1 Å². The van der Waals surface area contributed by atoms with Crippen LogP contribution in [0, 0.1) is 6.92 Å². The molecule has 0 aromatic heterocycles. The predicted octanol–water partition coefficient (Wildman–Crippen LogP) is 8.15. The van der Waals surface area contributed by atoms with Gasteiger partial charge < -0.3 is 9.47 Å². The van der Waals surface area contributed by atoms with Crippen molar-refractivity contribution in [2.75, 3.05) is 6.54 Å². The number of esters is 1. The van der Waals surface area contributed by atoms with E-state index < -0.39 is 23.8 Å². The normalized spacial score (nSPS) is 15.7. The van der Waals surface area contributed by atoms with E-state index in [1.807, 2.05) is 60.7 Å². The first kappa shape index (κ1) is 27.5. The Morgan fingerprint density at radius 1 is 0.900 bits per heavy atom. The Kier molecular flexibility index (Phi) is 8.21. The van der Waals surface area contributed by atoms with Gasteiger partial charge >= 0.3 is 12.1 Å². The molecule has 4 aromatic rings. The molecule has 0 amide bonds. The van der Waals surface area contributed by atoms with Gasteiger partial charge in [-0.05, 0) is 66.8 Å². The molecule has 4 aromatic carbocycles. The highest BCUT2D eigenvalue weighted by Crippen LogP contribution is 2.46. The summed E-state index contributed by atoms with van der Waals surface area (Å²) >= 11 is 0. The third kappa shape index (κ3) is 6.20. The summed E-state index contributed by atoms with van der Waals surface area (Å²) in [6, 6.07) is 28.2. The van der Waals surface area contributed by atoms with Crippen molar-refractivity contribution in [3.8, 4) is 11.5 Å². The van der Waals surface area contributed by atoms with Gasteiger partial charge in [-0.3, -0.25) is 4.90 Å². The van der Waals surface area contributed by atoms with Crippen LogP contribution < -0.4 is 9.47 Å². The highest BCUT2D eigenvalue weighted by Gasteiger charge is 2.42. The molecule has 1 aliphatic rings. The molecule has 1 fully saturated rings. The molecule has 0 bridgehead atoms. The zero-order valence-electron chi connectivity index (χ0n) is 22.2. The third-order valence-corrected chi connectivity index (χ3v) is 7.20. The van der Waals surface area contributed by atoms with Crippen molar-refractivity contribution in [1.82, 2.24) is 4.90 Å². The van der Waals surface area contributed by atoms with Crippen LogP contribution in [0.1, 0.15) is 57.1 Å². The molecule has 0 aliphatic carbocycles. The number of ether oxygens (including phenoxy) is 2. The van der Waals surface area contributed by atoms with E-state index in [0.717, 1.165) is 17.5 Å². The Hall–Kier alpha value is -4.10. The van der Waals surface area contributed by atoms with Gasteiger partial charge in [0.05, 0.1) is 5.56 Å². The molecule has 1 heterocycles. The van der Waals surface area contributed by atoms with Gasteiger partial charge in [0.1, 0.15) is 23.7 Å². The van der Waals surface area contributed by atoms with Gasteiger partial charge in [0.2, 0.25) is 0 Å². The largest absolute Gasteiger partial charge is 0.488 e. The Labute approximate surface area is 232 Å². The molecule has 0 N–H and O–H groups in total. The fourth-order valence-corrected chi connectivity index (χ4v) is 5.39. The summed E-state index contributed by atoms with van der Waals surface area (Å²) in [7, 11) is 0. The van der Waals surface area contributed by atoms with Crippen molar-refractivity contribution in [2.24, 2.45) is 0 Å². The van der Waals surface area contributed by atoms with E-state index in [2.05, 4.69) is 4.90 Å². The van der Waals surface area contributed by atoms with Gasteiger partial charge in [-0.2, -0.15) is 13.2 Å². The average molecular weight is 546 g/mol. The van der Waals surface area contributed by atoms with Crippen LogP contribution >= 0.6 is 0 Å². The van der Waals surface area contributed by atoms with E-state index in [4.69, 9.17) is 9.47 Å². The quantitative estimate of drug-likeness (QED) is 0.165. The lowest BCUT2D eigenvalue weighted by molar-refractivity contribution is -0.139. The fraction of sp³-hybridized carbons (Fsp3) is 0.242. The fourth-order valence-electron chi connectivity index (χ4n) is 5.39. The van der Waals surface area contributed by atoms with Crippen LogP contribution in [-0.2, 0) is 19.3 Å². The summed E-state index contributed by atoms with van der Waals surface area (Å²) in [6.45, 7) is 2.63. The number of carbonyl (C=O) groups excluding carboxylic acids is 1. The van der Waals surface area contributed by atoms with Gasteiger partial charge in [0.25, 0.3) is 0 Å². The second-order valence-corrected chi connectivity index (χ2v) is 9.93. The van der Waals surface area contributed by atoms with E-state index >= 15 is 0 Å². The number of rotatable bonds is 8. The minimum Gasteiger partial charge on any atom is -0.488 e. The lowest BCUT2D eigenvalue weighted by Crippen LogP contribution is -2.27. The number of alkyl halides is 3. The monoisotopic (exact) mass is 545 g/mol. The molecule has 1 saturated heterocycles. The minimum absolute atomic E-state index is 0.0804. The molecule has 1 unspecified atom stereocenters. The topological polar surface area (TPSA) is 38.8 Å². The molecule has 0 spiro atoms. The average Bonchev–Trinajstić information content (AvgIpc) is 3.40. The van der Waals surface area contributed by atoms with Gasteiger partial charge in [0.15, 0.2) is 0 Å². The second-order valence-electron chi connectivity index (χ2n) is 9.93. The van der Waals surface area contributed by atoms with E-state index in [1.54, 1.807) is 30.3 Å². The lowest BCUT2D eigenvalue weighted by Gasteiger charge is -2.29. The minimum atomic E-state index is -4.68. The molecule has 5 rings (SSSR count). The highest BCUT2D eigenvalue weighted by atomic mass is 19.4. The summed E-state index contributed by atoms with van der Waals surface area (Å²) in [5.74, 6) is -0.573. The van der Waals surface area contributed by atoms with Crippen LogP contribution in [0.5, 0.6) is 11.5 Å². The summed E-state index contributed by atoms with van der Waals surface area (Å²) < 4.78 is 55.9. The Balaban J connectivity index is 1.59. The lowest BCUT2D eigenvalue weighted by atomic mass is 9.90. The maximum atomic E-state index is 14.8.